The first-order chi connectivity index (χ1) is 13.6. The summed E-state index contributed by atoms with van der Waals surface area (Å²) in [6.07, 6.45) is 7.79. The molecule has 6 nitrogen and oxygen atoms in total. The van der Waals surface area contributed by atoms with Crippen LogP contribution >= 0.6 is 0 Å². The van der Waals surface area contributed by atoms with Gasteiger partial charge in [0.05, 0.1) is 16.2 Å². The molecule has 0 radical (unpaired) electrons. The molecule has 2 aromatic carbocycles. The van der Waals surface area contributed by atoms with Crippen LogP contribution in [0.15, 0.2) is 65.8 Å². The fourth-order valence-corrected chi connectivity index (χ4v) is 3.87. The molecule has 4 rings (SSSR count). The Hall–Kier alpha value is -3.28. The monoisotopic (exact) mass is 375 g/mol. The van der Waals surface area contributed by atoms with Crippen LogP contribution in [0.3, 0.4) is 0 Å². The summed E-state index contributed by atoms with van der Waals surface area (Å²) >= 11 is 0. The van der Waals surface area contributed by atoms with E-state index in [-0.39, 0.29) is 22.9 Å². The molecule has 0 saturated heterocycles. The number of nitro groups is 1. The van der Waals surface area contributed by atoms with Gasteiger partial charge in [0.25, 0.3) is 5.69 Å². The summed E-state index contributed by atoms with van der Waals surface area (Å²) in [4.78, 5) is 23.2. The van der Waals surface area contributed by atoms with Gasteiger partial charge in [-0.25, -0.2) is 5.43 Å². The standard InChI is InChI=1S/C22H21N3O3/c26-21(18-15-22(18)13-6-14-22)24-23-19(16-7-2-1-3-8-16)12-11-17-9-4-5-10-20(17)25(27)28/h1-5,7-12,18H,6,13-15H2,(H,24,26). The number of benzene rings is 2. The Kier molecular flexibility index (Phi) is 4.77. The van der Waals surface area contributed by atoms with E-state index < -0.39 is 4.92 Å². The van der Waals surface area contributed by atoms with Crippen molar-refractivity contribution in [2.24, 2.45) is 16.4 Å². The first-order valence-corrected chi connectivity index (χ1v) is 9.44. The van der Waals surface area contributed by atoms with Crippen LogP contribution in [0.25, 0.3) is 6.08 Å². The fraction of sp³-hybridized carbons (Fsp3) is 0.273. The van der Waals surface area contributed by atoms with E-state index in [1.807, 2.05) is 30.3 Å². The normalized spacial score (nSPS) is 20.0. The first-order valence-electron chi connectivity index (χ1n) is 9.44. The van der Waals surface area contributed by atoms with Gasteiger partial charge in [0.1, 0.15) is 0 Å². The number of rotatable bonds is 6. The van der Waals surface area contributed by atoms with E-state index in [0.29, 0.717) is 11.3 Å². The van der Waals surface area contributed by atoms with Crippen LogP contribution in [0, 0.1) is 21.4 Å². The van der Waals surface area contributed by atoms with Gasteiger partial charge in [-0.3, -0.25) is 14.9 Å². The van der Waals surface area contributed by atoms with E-state index in [4.69, 9.17) is 0 Å². The number of allylic oxidation sites excluding steroid dienone is 1. The van der Waals surface area contributed by atoms with Gasteiger partial charge in [-0.2, -0.15) is 5.10 Å². The first kappa shape index (κ1) is 18.1. The highest BCUT2D eigenvalue weighted by atomic mass is 16.6. The van der Waals surface area contributed by atoms with Crippen LogP contribution in [0.2, 0.25) is 0 Å². The molecule has 1 spiro atoms. The molecule has 6 heteroatoms. The van der Waals surface area contributed by atoms with Crippen molar-refractivity contribution in [3.8, 4) is 0 Å². The van der Waals surface area contributed by atoms with Gasteiger partial charge in [-0.05, 0) is 42.9 Å². The summed E-state index contributed by atoms with van der Waals surface area (Å²) in [5, 5.41) is 15.5. The molecular weight excluding hydrogens is 354 g/mol. The van der Waals surface area contributed by atoms with Crippen LogP contribution in [-0.4, -0.2) is 16.5 Å². The summed E-state index contributed by atoms with van der Waals surface area (Å²) < 4.78 is 0. The maximum Gasteiger partial charge on any atom is 0.276 e. The summed E-state index contributed by atoms with van der Waals surface area (Å²) in [5.74, 6) is 0.0356. The largest absolute Gasteiger partial charge is 0.276 e. The SMILES string of the molecule is O=C(NN=C(C=Cc1ccccc1[N+](=O)[O-])c1ccccc1)C1CC12CCC2. The van der Waals surface area contributed by atoms with E-state index in [1.165, 1.54) is 12.5 Å². The molecule has 2 fully saturated rings. The lowest BCUT2D eigenvalue weighted by molar-refractivity contribution is -0.385. The number of hydrazone groups is 1. The van der Waals surface area contributed by atoms with Gasteiger partial charge in [0.15, 0.2) is 0 Å². The van der Waals surface area contributed by atoms with Crippen molar-refractivity contribution in [2.75, 3.05) is 0 Å². The second-order valence-electron chi connectivity index (χ2n) is 7.46. The third-order valence-corrected chi connectivity index (χ3v) is 5.77. The molecule has 142 valence electrons. The minimum Gasteiger partial charge on any atom is -0.273 e. The van der Waals surface area contributed by atoms with Gasteiger partial charge in [-0.1, -0.05) is 48.9 Å². The molecule has 0 aromatic heterocycles. The van der Waals surface area contributed by atoms with E-state index in [1.54, 1.807) is 30.4 Å². The molecule has 2 aliphatic carbocycles. The molecule has 1 N–H and O–H groups in total. The number of carbonyl (C=O) groups is 1. The van der Waals surface area contributed by atoms with E-state index in [0.717, 1.165) is 24.8 Å². The summed E-state index contributed by atoms with van der Waals surface area (Å²) in [6.45, 7) is 0. The lowest BCUT2D eigenvalue weighted by atomic mass is 9.80. The van der Waals surface area contributed by atoms with Crippen LogP contribution in [0.4, 0.5) is 5.69 Å². The van der Waals surface area contributed by atoms with Gasteiger partial charge < -0.3 is 0 Å². The highest BCUT2D eigenvalue weighted by molar-refractivity contribution is 6.11. The van der Waals surface area contributed by atoms with Crippen molar-refractivity contribution < 1.29 is 9.72 Å². The number of amides is 1. The van der Waals surface area contributed by atoms with Gasteiger partial charge in [0, 0.05) is 17.5 Å². The van der Waals surface area contributed by atoms with Crippen molar-refractivity contribution in [1.29, 1.82) is 0 Å². The topological polar surface area (TPSA) is 84.6 Å². The Balaban J connectivity index is 1.56. The average molecular weight is 375 g/mol. The van der Waals surface area contributed by atoms with E-state index >= 15 is 0 Å². The van der Waals surface area contributed by atoms with Crippen molar-refractivity contribution in [3.63, 3.8) is 0 Å². The molecule has 1 atom stereocenters. The Morgan fingerprint density at radius 2 is 1.86 bits per heavy atom. The third-order valence-electron chi connectivity index (χ3n) is 5.77. The maximum atomic E-state index is 12.4. The van der Waals surface area contributed by atoms with Crippen molar-refractivity contribution in [1.82, 2.24) is 5.43 Å². The Bertz CT molecular complexity index is 962. The number of nitro benzene ring substituents is 1. The smallest absolute Gasteiger partial charge is 0.273 e. The number of hydrogen-bond acceptors (Lipinski definition) is 4. The quantitative estimate of drug-likeness (QED) is 0.464. The number of para-hydroxylation sites is 1. The molecule has 2 aliphatic rings. The molecule has 1 amide bonds. The fourth-order valence-electron chi connectivity index (χ4n) is 3.87. The van der Waals surface area contributed by atoms with Crippen molar-refractivity contribution in [2.45, 2.75) is 25.7 Å². The number of nitrogens with one attached hydrogen (secondary N) is 1. The number of hydrogen-bond donors (Lipinski definition) is 1. The second kappa shape index (κ2) is 7.38. The Labute approximate surface area is 163 Å². The molecule has 0 heterocycles. The lowest BCUT2D eigenvalue weighted by Gasteiger charge is -2.25. The predicted molar refractivity (Wildman–Crippen MR) is 108 cm³/mol. The third kappa shape index (κ3) is 3.58. The highest BCUT2D eigenvalue weighted by Crippen LogP contribution is 2.65. The molecule has 2 saturated carbocycles. The van der Waals surface area contributed by atoms with E-state index in [9.17, 15) is 14.9 Å². The maximum absolute atomic E-state index is 12.4. The minimum atomic E-state index is -0.411. The van der Waals surface area contributed by atoms with Crippen molar-refractivity contribution >= 4 is 23.4 Å². The number of carbonyl (C=O) groups excluding carboxylic acids is 1. The van der Waals surface area contributed by atoms with Gasteiger partial charge in [0.2, 0.25) is 5.91 Å². The number of nitrogens with zero attached hydrogens (tertiary/aromatic N) is 2. The van der Waals surface area contributed by atoms with Gasteiger partial charge >= 0.3 is 0 Å². The Morgan fingerprint density at radius 3 is 2.50 bits per heavy atom. The second-order valence-corrected chi connectivity index (χ2v) is 7.46. The zero-order valence-electron chi connectivity index (χ0n) is 15.4. The lowest BCUT2D eigenvalue weighted by Crippen LogP contribution is -2.27. The molecule has 28 heavy (non-hydrogen) atoms. The van der Waals surface area contributed by atoms with Crippen LogP contribution < -0.4 is 5.43 Å². The average Bonchev–Trinajstić information content (AvgIpc) is 3.45. The van der Waals surface area contributed by atoms with Gasteiger partial charge in [-0.15, -0.1) is 0 Å². The predicted octanol–water partition coefficient (Wildman–Crippen LogP) is 4.32. The Morgan fingerprint density at radius 1 is 1.14 bits per heavy atom. The van der Waals surface area contributed by atoms with Crippen LogP contribution in [0.5, 0.6) is 0 Å². The molecule has 0 aliphatic heterocycles. The summed E-state index contributed by atoms with van der Waals surface area (Å²) in [7, 11) is 0. The molecule has 1 unspecified atom stereocenters. The molecule has 2 aromatic rings. The van der Waals surface area contributed by atoms with Crippen LogP contribution in [0.1, 0.15) is 36.8 Å². The summed E-state index contributed by atoms with van der Waals surface area (Å²) in [6, 6.07) is 16.0. The van der Waals surface area contributed by atoms with Crippen molar-refractivity contribution in [3.05, 3.63) is 81.9 Å². The van der Waals surface area contributed by atoms with E-state index in [2.05, 4.69) is 10.5 Å². The molecular formula is C22H21N3O3. The molecule has 0 bridgehead atoms. The van der Waals surface area contributed by atoms with Crippen LogP contribution in [-0.2, 0) is 4.79 Å². The summed E-state index contributed by atoms with van der Waals surface area (Å²) in [5.41, 5.74) is 4.84. The minimum absolute atomic E-state index is 0.0279. The zero-order chi connectivity index (χ0) is 19.6. The highest BCUT2D eigenvalue weighted by Gasteiger charge is 2.60. The zero-order valence-corrected chi connectivity index (χ0v) is 15.4.